The molecule has 1 heterocycles. The van der Waals surface area contributed by atoms with Gasteiger partial charge in [0.1, 0.15) is 5.75 Å². The van der Waals surface area contributed by atoms with Crippen molar-refractivity contribution in [2.45, 2.75) is 19.8 Å². The summed E-state index contributed by atoms with van der Waals surface area (Å²) in [6, 6.07) is 7.40. The molecule has 0 aliphatic heterocycles. The summed E-state index contributed by atoms with van der Waals surface area (Å²) < 4.78 is 5.15. The van der Waals surface area contributed by atoms with Crippen molar-refractivity contribution in [3.63, 3.8) is 0 Å². The molecule has 0 spiro atoms. The molecular weight excluding hydrogens is 276 g/mol. The molecule has 0 aliphatic rings. The highest BCUT2D eigenvalue weighted by Crippen LogP contribution is 2.32. The Hall–Kier alpha value is -2.08. The molecule has 6 heteroatoms. The molecule has 0 saturated carbocycles. The van der Waals surface area contributed by atoms with Crippen LogP contribution in [0.15, 0.2) is 24.3 Å². The first kappa shape index (κ1) is 14.3. The fourth-order valence-corrected chi connectivity index (χ4v) is 2.73. The number of carbonyl (C=O) groups is 1. The Bertz CT molecular complexity index is 623. The van der Waals surface area contributed by atoms with Crippen LogP contribution < -0.4 is 10.1 Å². The number of rotatable bonds is 5. The van der Waals surface area contributed by atoms with Gasteiger partial charge in [0.15, 0.2) is 10.8 Å². The molecule has 20 heavy (non-hydrogen) atoms. The van der Waals surface area contributed by atoms with Gasteiger partial charge in [-0.15, -0.1) is 11.3 Å². The van der Waals surface area contributed by atoms with Crippen molar-refractivity contribution in [3.05, 3.63) is 34.8 Å². The van der Waals surface area contributed by atoms with E-state index in [1.807, 2.05) is 38.1 Å². The van der Waals surface area contributed by atoms with Gasteiger partial charge in [0.25, 0.3) is 0 Å². The Morgan fingerprint density at radius 2 is 2.20 bits per heavy atom. The van der Waals surface area contributed by atoms with E-state index >= 15 is 0 Å². The third-order valence-corrected chi connectivity index (χ3v) is 3.97. The minimum Gasteiger partial charge on any atom is -0.497 e. The molecule has 0 unspecified atom stereocenters. The maximum Gasteiger partial charge on any atom is 0.355 e. The molecule has 0 saturated heterocycles. The zero-order valence-electron chi connectivity index (χ0n) is 11.5. The smallest absolute Gasteiger partial charge is 0.355 e. The van der Waals surface area contributed by atoms with Gasteiger partial charge in [0, 0.05) is 16.6 Å². The number of benzene rings is 1. The maximum absolute atomic E-state index is 11.2. The van der Waals surface area contributed by atoms with Gasteiger partial charge in [0.2, 0.25) is 0 Å². The van der Waals surface area contributed by atoms with Gasteiger partial charge in [-0.1, -0.05) is 19.9 Å². The molecule has 106 valence electrons. The summed E-state index contributed by atoms with van der Waals surface area (Å²) in [4.78, 5) is 16.1. The molecule has 2 aromatic rings. The molecule has 2 N–H and O–H groups in total. The second kappa shape index (κ2) is 5.92. The van der Waals surface area contributed by atoms with Crippen molar-refractivity contribution in [1.29, 1.82) is 0 Å². The van der Waals surface area contributed by atoms with E-state index in [9.17, 15) is 9.90 Å². The third-order valence-electron chi connectivity index (χ3n) is 2.70. The lowest BCUT2D eigenvalue weighted by atomic mass is 10.1. The van der Waals surface area contributed by atoms with Crippen LogP contribution in [0.3, 0.4) is 0 Å². The van der Waals surface area contributed by atoms with Crippen molar-refractivity contribution in [3.8, 4) is 5.75 Å². The van der Waals surface area contributed by atoms with Gasteiger partial charge in [-0.05, 0) is 18.1 Å². The standard InChI is InChI=1S/C14H16N2O3S/c1-8(2)12-11(13(17)18)16-14(20-12)15-9-5-4-6-10(7-9)19-3/h4-8H,1-3H3,(H,15,16)(H,17,18). The molecule has 5 nitrogen and oxygen atoms in total. The molecule has 0 radical (unpaired) electrons. The predicted molar refractivity (Wildman–Crippen MR) is 79.4 cm³/mol. The van der Waals surface area contributed by atoms with Crippen LogP contribution in [0.25, 0.3) is 0 Å². The number of anilines is 2. The molecule has 0 atom stereocenters. The number of thiazole rings is 1. The van der Waals surface area contributed by atoms with E-state index in [0.717, 1.165) is 16.3 Å². The van der Waals surface area contributed by atoms with Crippen LogP contribution in [0, 0.1) is 0 Å². The SMILES string of the molecule is COc1cccc(Nc2nc(C(=O)O)c(C(C)C)s2)c1. The number of ether oxygens (including phenoxy) is 1. The van der Waals surface area contributed by atoms with Crippen molar-refractivity contribution < 1.29 is 14.6 Å². The zero-order valence-corrected chi connectivity index (χ0v) is 12.3. The Morgan fingerprint density at radius 1 is 1.45 bits per heavy atom. The van der Waals surface area contributed by atoms with Gasteiger partial charge in [-0.3, -0.25) is 0 Å². The van der Waals surface area contributed by atoms with Crippen molar-refractivity contribution in [2.75, 3.05) is 12.4 Å². The maximum atomic E-state index is 11.2. The van der Waals surface area contributed by atoms with E-state index < -0.39 is 5.97 Å². The van der Waals surface area contributed by atoms with Crippen LogP contribution in [0.1, 0.15) is 35.1 Å². The molecule has 1 aromatic carbocycles. The number of carboxylic acids is 1. The molecular formula is C14H16N2O3S. The largest absolute Gasteiger partial charge is 0.497 e. The normalized spacial score (nSPS) is 10.6. The lowest BCUT2D eigenvalue weighted by Crippen LogP contribution is -2.02. The average Bonchev–Trinajstić information content (AvgIpc) is 2.83. The van der Waals surface area contributed by atoms with Crippen LogP contribution in [0.5, 0.6) is 5.75 Å². The quantitative estimate of drug-likeness (QED) is 0.878. The predicted octanol–water partition coefficient (Wildman–Crippen LogP) is 3.72. The van der Waals surface area contributed by atoms with Gasteiger partial charge >= 0.3 is 5.97 Å². The first-order chi connectivity index (χ1) is 9.51. The number of hydrogen-bond acceptors (Lipinski definition) is 5. The summed E-state index contributed by atoms with van der Waals surface area (Å²) in [6.45, 7) is 3.91. The van der Waals surface area contributed by atoms with Gasteiger partial charge < -0.3 is 15.2 Å². The summed E-state index contributed by atoms with van der Waals surface area (Å²) in [6.07, 6.45) is 0. The van der Waals surface area contributed by atoms with Crippen LogP contribution in [0.2, 0.25) is 0 Å². The molecule has 0 aliphatic carbocycles. The second-order valence-electron chi connectivity index (χ2n) is 4.55. The van der Waals surface area contributed by atoms with E-state index in [0.29, 0.717) is 5.13 Å². The number of aromatic nitrogens is 1. The van der Waals surface area contributed by atoms with Gasteiger partial charge in [0.05, 0.1) is 7.11 Å². The average molecular weight is 292 g/mol. The lowest BCUT2D eigenvalue weighted by molar-refractivity contribution is 0.0690. The van der Waals surface area contributed by atoms with E-state index in [4.69, 9.17) is 4.74 Å². The molecule has 1 aromatic heterocycles. The van der Waals surface area contributed by atoms with Crippen molar-refractivity contribution in [1.82, 2.24) is 4.98 Å². The summed E-state index contributed by atoms with van der Waals surface area (Å²) in [7, 11) is 1.60. The fourth-order valence-electron chi connectivity index (χ4n) is 1.75. The molecule has 2 rings (SSSR count). The number of methoxy groups -OCH3 is 1. The Morgan fingerprint density at radius 3 is 2.75 bits per heavy atom. The number of nitrogens with one attached hydrogen (secondary N) is 1. The first-order valence-electron chi connectivity index (χ1n) is 6.16. The van der Waals surface area contributed by atoms with Gasteiger partial charge in [-0.2, -0.15) is 0 Å². The number of nitrogens with zero attached hydrogens (tertiary/aromatic N) is 1. The summed E-state index contributed by atoms with van der Waals surface area (Å²) >= 11 is 1.36. The van der Waals surface area contributed by atoms with Crippen LogP contribution in [-0.2, 0) is 0 Å². The number of carboxylic acid groups (broad SMARTS) is 1. The summed E-state index contributed by atoms with van der Waals surface area (Å²) in [5, 5.41) is 12.9. The van der Waals surface area contributed by atoms with Crippen LogP contribution in [0.4, 0.5) is 10.8 Å². The highest BCUT2D eigenvalue weighted by atomic mass is 32.1. The first-order valence-corrected chi connectivity index (χ1v) is 6.98. The Kier molecular flexibility index (Phi) is 4.24. The molecule has 0 fully saturated rings. The third kappa shape index (κ3) is 3.08. The number of hydrogen-bond donors (Lipinski definition) is 2. The fraction of sp³-hybridized carbons (Fsp3) is 0.286. The monoisotopic (exact) mass is 292 g/mol. The Labute approximate surface area is 121 Å². The zero-order chi connectivity index (χ0) is 14.7. The van der Waals surface area contributed by atoms with Crippen LogP contribution in [-0.4, -0.2) is 23.2 Å². The lowest BCUT2D eigenvalue weighted by Gasteiger charge is -2.04. The van der Waals surface area contributed by atoms with Crippen LogP contribution >= 0.6 is 11.3 Å². The van der Waals surface area contributed by atoms with Gasteiger partial charge in [-0.25, -0.2) is 9.78 Å². The minimum absolute atomic E-state index is 0.121. The van der Waals surface area contributed by atoms with E-state index in [-0.39, 0.29) is 11.6 Å². The number of aromatic carboxylic acids is 1. The van der Waals surface area contributed by atoms with Crippen molar-refractivity contribution in [2.24, 2.45) is 0 Å². The summed E-state index contributed by atoms with van der Waals surface area (Å²) in [5.74, 6) is -0.141. The highest BCUT2D eigenvalue weighted by Gasteiger charge is 2.19. The van der Waals surface area contributed by atoms with E-state index in [1.54, 1.807) is 7.11 Å². The van der Waals surface area contributed by atoms with E-state index in [1.165, 1.54) is 11.3 Å². The van der Waals surface area contributed by atoms with Crippen molar-refractivity contribution >= 4 is 28.1 Å². The summed E-state index contributed by atoms with van der Waals surface area (Å²) in [5.41, 5.74) is 0.931. The van der Waals surface area contributed by atoms with E-state index in [2.05, 4.69) is 10.3 Å². The topological polar surface area (TPSA) is 71.5 Å². The Balaban J connectivity index is 2.29. The molecule has 0 bridgehead atoms. The second-order valence-corrected chi connectivity index (χ2v) is 5.58. The molecule has 0 amide bonds. The minimum atomic E-state index is -0.997. The highest BCUT2D eigenvalue weighted by molar-refractivity contribution is 7.16.